The van der Waals surface area contributed by atoms with Crippen molar-refractivity contribution in [3.8, 4) is 17.1 Å². The number of benzene rings is 2. The summed E-state index contributed by atoms with van der Waals surface area (Å²) in [6, 6.07) is 19.5. The predicted molar refractivity (Wildman–Crippen MR) is 118 cm³/mol. The number of aromatic nitrogens is 4. The van der Waals surface area contributed by atoms with E-state index in [2.05, 4.69) is 25.5 Å². The molecule has 30 heavy (non-hydrogen) atoms. The molecule has 3 heterocycles. The van der Waals surface area contributed by atoms with Gasteiger partial charge in [0.15, 0.2) is 11.9 Å². The van der Waals surface area contributed by atoms with Gasteiger partial charge < -0.3 is 10.1 Å². The highest BCUT2D eigenvalue weighted by Gasteiger charge is 2.26. The van der Waals surface area contributed by atoms with E-state index in [1.807, 2.05) is 60.7 Å². The number of para-hydroxylation sites is 1. The lowest BCUT2D eigenvalue weighted by molar-refractivity contribution is 0.225. The molecule has 1 N–H and O–H groups in total. The van der Waals surface area contributed by atoms with Gasteiger partial charge in [-0.15, -0.1) is 10.2 Å². The molecule has 0 saturated heterocycles. The molecule has 0 radical (unpaired) electrons. The Morgan fingerprint density at radius 3 is 2.70 bits per heavy atom. The van der Waals surface area contributed by atoms with Crippen LogP contribution in [-0.4, -0.2) is 20.2 Å². The number of hydrogen-bond acceptors (Lipinski definition) is 7. The van der Waals surface area contributed by atoms with Gasteiger partial charge in [-0.3, -0.25) is 4.98 Å². The lowest BCUT2D eigenvalue weighted by atomic mass is 10.1. The van der Waals surface area contributed by atoms with Crippen molar-refractivity contribution < 1.29 is 4.74 Å². The van der Waals surface area contributed by atoms with Crippen LogP contribution in [0.4, 0.5) is 5.69 Å². The molecule has 2 aromatic heterocycles. The summed E-state index contributed by atoms with van der Waals surface area (Å²) in [6.07, 6.45) is 3.07. The van der Waals surface area contributed by atoms with Gasteiger partial charge >= 0.3 is 0 Å². The van der Waals surface area contributed by atoms with Gasteiger partial charge in [-0.05, 0) is 29.8 Å². The van der Waals surface area contributed by atoms with Crippen molar-refractivity contribution in [2.24, 2.45) is 0 Å². The van der Waals surface area contributed by atoms with Crippen LogP contribution in [-0.2, 0) is 5.75 Å². The lowest BCUT2D eigenvalue weighted by Crippen LogP contribution is -2.17. The highest BCUT2D eigenvalue weighted by atomic mass is 35.5. The zero-order valence-electron chi connectivity index (χ0n) is 15.7. The van der Waals surface area contributed by atoms with E-state index < -0.39 is 6.23 Å². The largest absolute Gasteiger partial charge is 0.448 e. The average Bonchev–Trinajstić information content (AvgIpc) is 2.96. The zero-order chi connectivity index (χ0) is 20.3. The molecular weight excluding hydrogens is 418 g/mol. The topological polar surface area (TPSA) is 72.8 Å². The van der Waals surface area contributed by atoms with Gasteiger partial charge in [0, 0.05) is 40.0 Å². The average molecular weight is 434 g/mol. The highest BCUT2D eigenvalue weighted by Crippen LogP contribution is 2.39. The van der Waals surface area contributed by atoms with Crippen molar-refractivity contribution in [1.82, 2.24) is 20.2 Å². The molecule has 0 aliphatic carbocycles. The van der Waals surface area contributed by atoms with Crippen molar-refractivity contribution in [1.29, 1.82) is 0 Å². The maximum absolute atomic E-state index is 6.24. The van der Waals surface area contributed by atoms with Crippen molar-refractivity contribution >= 4 is 29.1 Å². The van der Waals surface area contributed by atoms with Crippen molar-refractivity contribution in [2.45, 2.75) is 17.1 Å². The summed E-state index contributed by atoms with van der Waals surface area (Å²) >= 11 is 7.46. The monoisotopic (exact) mass is 433 g/mol. The minimum Gasteiger partial charge on any atom is -0.448 e. The molecule has 2 aromatic carbocycles. The van der Waals surface area contributed by atoms with Crippen LogP contribution in [0.3, 0.4) is 0 Å². The van der Waals surface area contributed by atoms with Crippen LogP contribution in [0.5, 0.6) is 5.88 Å². The Labute approximate surface area is 182 Å². The van der Waals surface area contributed by atoms with E-state index in [1.165, 1.54) is 11.8 Å². The van der Waals surface area contributed by atoms with E-state index in [-0.39, 0.29) is 0 Å². The van der Waals surface area contributed by atoms with Gasteiger partial charge in [-0.25, -0.2) is 0 Å². The first-order valence-electron chi connectivity index (χ1n) is 9.31. The van der Waals surface area contributed by atoms with Gasteiger partial charge in [0.2, 0.25) is 11.0 Å². The van der Waals surface area contributed by atoms with Crippen molar-refractivity contribution in [3.63, 3.8) is 0 Å². The van der Waals surface area contributed by atoms with Gasteiger partial charge in [0.25, 0.3) is 0 Å². The molecule has 1 aliphatic rings. The van der Waals surface area contributed by atoms with E-state index in [0.717, 1.165) is 22.4 Å². The summed E-state index contributed by atoms with van der Waals surface area (Å²) in [6.45, 7) is 0. The SMILES string of the molecule is Clc1ccc(CSc2nnc3c(n2)O[C@@H](c2cccnc2)Nc2ccccc2-3)cc1. The number of rotatable bonds is 4. The van der Waals surface area contributed by atoms with Crippen LogP contribution in [0.2, 0.25) is 5.02 Å². The summed E-state index contributed by atoms with van der Waals surface area (Å²) in [5.41, 5.74) is 4.44. The molecule has 0 saturated carbocycles. The van der Waals surface area contributed by atoms with Gasteiger partial charge in [0.05, 0.1) is 0 Å². The highest BCUT2D eigenvalue weighted by molar-refractivity contribution is 7.98. The van der Waals surface area contributed by atoms with Gasteiger partial charge in [0.1, 0.15) is 0 Å². The smallest absolute Gasteiger partial charge is 0.247 e. The van der Waals surface area contributed by atoms with Crippen LogP contribution in [0.15, 0.2) is 78.2 Å². The Morgan fingerprint density at radius 1 is 1.00 bits per heavy atom. The molecule has 0 fully saturated rings. The molecule has 148 valence electrons. The number of nitrogens with one attached hydrogen (secondary N) is 1. The first-order valence-corrected chi connectivity index (χ1v) is 10.7. The molecule has 5 rings (SSSR count). The molecule has 0 bridgehead atoms. The quantitative estimate of drug-likeness (QED) is 0.433. The minimum absolute atomic E-state index is 0.438. The molecule has 6 nitrogen and oxygen atoms in total. The number of thioether (sulfide) groups is 1. The number of pyridine rings is 1. The Hall–Kier alpha value is -3.16. The molecule has 1 atom stereocenters. The Bertz CT molecular complexity index is 1170. The third-order valence-corrected chi connectivity index (χ3v) is 5.76. The predicted octanol–water partition coefficient (Wildman–Crippen LogP) is 5.38. The first kappa shape index (κ1) is 18.8. The Morgan fingerprint density at radius 2 is 1.87 bits per heavy atom. The molecule has 8 heteroatoms. The Balaban J connectivity index is 1.48. The number of nitrogens with zero attached hydrogens (tertiary/aromatic N) is 4. The number of hydrogen-bond donors (Lipinski definition) is 1. The number of fused-ring (bicyclic) bond motifs is 3. The van der Waals surface area contributed by atoms with Crippen LogP contribution in [0, 0.1) is 0 Å². The van der Waals surface area contributed by atoms with E-state index in [4.69, 9.17) is 16.3 Å². The molecule has 4 aromatic rings. The maximum Gasteiger partial charge on any atom is 0.247 e. The van der Waals surface area contributed by atoms with E-state index >= 15 is 0 Å². The van der Waals surface area contributed by atoms with Crippen molar-refractivity contribution in [3.05, 3.63) is 89.2 Å². The fourth-order valence-corrected chi connectivity index (χ4v) is 3.98. The fraction of sp³-hybridized carbons (Fsp3) is 0.0909. The molecular formula is C22H16ClN5OS. The van der Waals surface area contributed by atoms with E-state index in [1.54, 1.807) is 12.4 Å². The summed E-state index contributed by atoms with van der Waals surface area (Å²) in [7, 11) is 0. The standard InChI is InChI=1S/C22H16ClN5OS/c23-16-9-7-14(8-10-16)13-30-22-26-21-19(27-28-22)17-5-1-2-6-18(17)25-20(29-21)15-4-3-11-24-12-15/h1-12,20,25H,13H2/t20-/m0/s1. The minimum atomic E-state index is -0.438. The molecule has 0 unspecified atom stereocenters. The second kappa shape index (κ2) is 8.30. The van der Waals surface area contributed by atoms with E-state index in [9.17, 15) is 0 Å². The van der Waals surface area contributed by atoms with Gasteiger partial charge in [-0.1, -0.05) is 59.8 Å². The summed E-state index contributed by atoms with van der Waals surface area (Å²) in [5.74, 6) is 1.15. The summed E-state index contributed by atoms with van der Waals surface area (Å²) < 4.78 is 6.24. The number of halogens is 1. The second-order valence-corrected chi connectivity index (χ2v) is 8.02. The molecule has 1 aliphatic heterocycles. The molecule has 0 amide bonds. The van der Waals surface area contributed by atoms with Gasteiger partial charge in [-0.2, -0.15) is 4.98 Å². The zero-order valence-corrected chi connectivity index (χ0v) is 17.3. The summed E-state index contributed by atoms with van der Waals surface area (Å²) in [5, 5.41) is 13.4. The van der Waals surface area contributed by atoms with Crippen LogP contribution < -0.4 is 10.1 Å². The second-order valence-electron chi connectivity index (χ2n) is 6.64. The number of anilines is 1. The van der Waals surface area contributed by atoms with Crippen LogP contribution in [0.1, 0.15) is 17.4 Å². The van der Waals surface area contributed by atoms with Crippen molar-refractivity contribution in [2.75, 3.05) is 5.32 Å². The van der Waals surface area contributed by atoms with E-state index in [0.29, 0.717) is 27.5 Å². The maximum atomic E-state index is 6.24. The first-order chi connectivity index (χ1) is 14.8. The lowest BCUT2D eigenvalue weighted by Gasteiger charge is -2.18. The van der Waals surface area contributed by atoms with Crippen LogP contribution in [0.25, 0.3) is 11.3 Å². The van der Waals surface area contributed by atoms with Crippen LogP contribution >= 0.6 is 23.4 Å². The fourth-order valence-electron chi connectivity index (χ4n) is 3.12. The number of ether oxygens (including phenoxy) is 1. The molecule has 0 spiro atoms. The Kier molecular flexibility index (Phi) is 5.21. The normalized spacial score (nSPS) is 14.6. The third kappa shape index (κ3) is 3.94. The third-order valence-electron chi connectivity index (χ3n) is 4.60. The summed E-state index contributed by atoms with van der Waals surface area (Å²) in [4.78, 5) is 8.87.